The number of thiophene rings is 1. The molecule has 1 aromatic rings. The van der Waals surface area contributed by atoms with Gasteiger partial charge in [0.2, 0.25) is 0 Å². The summed E-state index contributed by atoms with van der Waals surface area (Å²) in [5.74, 6) is 0.0775. The molecule has 1 aromatic heterocycles. The van der Waals surface area contributed by atoms with E-state index in [4.69, 9.17) is 0 Å². The van der Waals surface area contributed by atoms with E-state index in [1.807, 2.05) is 30.9 Å². The van der Waals surface area contributed by atoms with Crippen molar-refractivity contribution in [2.45, 2.75) is 13.8 Å². The van der Waals surface area contributed by atoms with Crippen LogP contribution in [-0.4, -0.2) is 54.5 Å². The molecule has 1 aliphatic rings. The van der Waals surface area contributed by atoms with E-state index in [0.717, 1.165) is 9.75 Å². The third-order valence-electron chi connectivity index (χ3n) is 3.13. The SMILES string of the molecule is CCNC(=O)N1CCN(C(=O)c2ccc(C)s2)CC1. The number of rotatable bonds is 2. The molecule has 3 amide bonds. The fourth-order valence-corrected chi connectivity index (χ4v) is 2.92. The van der Waals surface area contributed by atoms with Crippen molar-refractivity contribution in [1.82, 2.24) is 15.1 Å². The van der Waals surface area contributed by atoms with Crippen LogP contribution in [0, 0.1) is 6.92 Å². The first kappa shape index (κ1) is 13.9. The van der Waals surface area contributed by atoms with Crippen molar-refractivity contribution in [3.63, 3.8) is 0 Å². The largest absolute Gasteiger partial charge is 0.338 e. The van der Waals surface area contributed by atoms with Crippen LogP contribution in [0.15, 0.2) is 12.1 Å². The Hall–Kier alpha value is -1.56. The lowest BCUT2D eigenvalue weighted by atomic mass is 10.3. The molecular formula is C13H19N3O2S. The molecule has 0 aromatic carbocycles. The first-order valence-corrected chi connectivity index (χ1v) is 7.32. The quantitative estimate of drug-likeness (QED) is 0.894. The molecule has 0 radical (unpaired) electrons. The number of hydrogen-bond donors (Lipinski definition) is 1. The Kier molecular flexibility index (Phi) is 4.42. The molecule has 6 heteroatoms. The molecule has 1 aliphatic heterocycles. The van der Waals surface area contributed by atoms with E-state index in [0.29, 0.717) is 32.7 Å². The molecule has 104 valence electrons. The Morgan fingerprint density at radius 2 is 1.84 bits per heavy atom. The lowest BCUT2D eigenvalue weighted by molar-refractivity contribution is 0.0670. The second-order valence-corrected chi connectivity index (χ2v) is 5.81. The summed E-state index contributed by atoms with van der Waals surface area (Å²) in [6.07, 6.45) is 0. The van der Waals surface area contributed by atoms with Gasteiger partial charge in [-0.05, 0) is 26.0 Å². The average Bonchev–Trinajstić information content (AvgIpc) is 2.85. The highest BCUT2D eigenvalue weighted by atomic mass is 32.1. The maximum absolute atomic E-state index is 12.2. The summed E-state index contributed by atoms with van der Waals surface area (Å²) in [5.41, 5.74) is 0. The van der Waals surface area contributed by atoms with Crippen LogP contribution in [0.3, 0.4) is 0 Å². The van der Waals surface area contributed by atoms with Gasteiger partial charge in [-0.3, -0.25) is 4.79 Å². The van der Waals surface area contributed by atoms with E-state index in [1.54, 1.807) is 4.90 Å². The van der Waals surface area contributed by atoms with Crippen molar-refractivity contribution in [1.29, 1.82) is 0 Å². The maximum Gasteiger partial charge on any atom is 0.317 e. The molecule has 5 nitrogen and oxygen atoms in total. The van der Waals surface area contributed by atoms with Crippen LogP contribution in [0.1, 0.15) is 21.5 Å². The number of aryl methyl sites for hydroxylation is 1. The standard InChI is InChI=1S/C13H19N3O2S/c1-3-14-13(18)16-8-6-15(7-9-16)12(17)11-5-4-10(2)19-11/h4-5H,3,6-9H2,1-2H3,(H,14,18). The number of carbonyl (C=O) groups is 2. The second kappa shape index (κ2) is 6.06. The van der Waals surface area contributed by atoms with Crippen LogP contribution in [0.5, 0.6) is 0 Å². The summed E-state index contributed by atoms with van der Waals surface area (Å²) in [6.45, 7) is 6.93. The van der Waals surface area contributed by atoms with Crippen molar-refractivity contribution in [3.05, 3.63) is 21.9 Å². The van der Waals surface area contributed by atoms with Crippen molar-refractivity contribution in [3.8, 4) is 0 Å². The Bertz CT molecular complexity index is 464. The Balaban J connectivity index is 1.89. The number of urea groups is 1. The zero-order chi connectivity index (χ0) is 13.8. The van der Waals surface area contributed by atoms with Gasteiger partial charge in [0.15, 0.2) is 0 Å². The van der Waals surface area contributed by atoms with Gasteiger partial charge >= 0.3 is 6.03 Å². The fourth-order valence-electron chi connectivity index (χ4n) is 2.08. The topological polar surface area (TPSA) is 52.7 Å². The van der Waals surface area contributed by atoms with Gasteiger partial charge in [-0.25, -0.2) is 4.79 Å². The molecule has 1 saturated heterocycles. The summed E-state index contributed by atoms with van der Waals surface area (Å²) < 4.78 is 0. The lowest BCUT2D eigenvalue weighted by Gasteiger charge is -2.34. The smallest absolute Gasteiger partial charge is 0.317 e. The van der Waals surface area contributed by atoms with Crippen LogP contribution in [-0.2, 0) is 0 Å². The predicted molar refractivity (Wildman–Crippen MR) is 75.6 cm³/mol. The van der Waals surface area contributed by atoms with Gasteiger partial charge in [0.05, 0.1) is 4.88 Å². The van der Waals surface area contributed by atoms with E-state index in [2.05, 4.69) is 5.32 Å². The molecule has 0 bridgehead atoms. The number of amides is 3. The Morgan fingerprint density at radius 3 is 2.37 bits per heavy atom. The van der Waals surface area contributed by atoms with Gasteiger partial charge in [-0.1, -0.05) is 0 Å². The minimum atomic E-state index is -0.0402. The number of carbonyl (C=O) groups excluding carboxylic acids is 2. The van der Waals surface area contributed by atoms with Gasteiger partial charge in [0.1, 0.15) is 0 Å². The lowest BCUT2D eigenvalue weighted by Crippen LogP contribution is -2.53. The van der Waals surface area contributed by atoms with E-state index in [-0.39, 0.29) is 11.9 Å². The zero-order valence-electron chi connectivity index (χ0n) is 11.3. The highest BCUT2D eigenvalue weighted by Crippen LogP contribution is 2.18. The minimum Gasteiger partial charge on any atom is -0.338 e. The molecule has 2 heterocycles. The summed E-state index contributed by atoms with van der Waals surface area (Å²) in [5, 5.41) is 2.78. The molecule has 0 aliphatic carbocycles. The molecule has 0 spiro atoms. The van der Waals surface area contributed by atoms with E-state index >= 15 is 0 Å². The predicted octanol–water partition coefficient (Wildman–Crippen LogP) is 1.54. The van der Waals surface area contributed by atoms with Gasteiger partial charge in [0, 0.05) is 37.6 Å². The van der Waals surface area contributed by atoms with Crippen LogP contribution in [0.4, 0.5) is 4.79 Å². The van der Waals surface area contributed by atoms with Crippen molar-refractivity contribution < 1.29 is 9.59 Å². The maximum atomic E-state index is 12.2. The summed E-state index contributed by atoms with van der Waals surface area (Å²) in [6, 6.07) is 3.79. The van der Waals surface area contributed by atoms with Gasteiger partial charge in [-0.15, -0.1) is 11.3 Å². The fraction of sp³-hybridized carbons (Fsp3) is 0.538. The number of piperazine rings is 1. The van der Waals surface area contributed by atoms with E-state index in [1.165, 1.54) is 11.3 Å². The van der Waals surface area contributed by atoms with Gasteiger partial charge in [-0.2, -0.15) is 0 Å². The first-order chi connectivity index (χ1) is 9.11. The van der Waals surface area contributed by atoms with Crippen LogP contribution in [0.25, 0.3) is 0 Å². The summed E-state index contributed by atoms with van der Waals surface area (Å²) in [4.78, 5) is 29.4. The Labute approximate surface area is 117 Å². The van der Waals surface area contributed by atoms with Crippen molar-refractivity contribution in [2.75, 3.05) is 32.7 Å². The normalized spacial score (nSPS) is 15.5. The second-order valence-electron chi connectivity index (χ2n) is 4.53. The molecule has 1 N–H and O–H groups in total. The number of hydrogen-bond acceptors (Lipinski definition) is 3. The van der Waals surface area contributed by atoms with E-state index in [9.17, 15) is 9.59 Å². The summed E-state index contributed by atoms with van der Waals surface area (Å²) >= 11 is 1.52. The Morgan fingerprint density at radius 1 is 1.21 bits per heavy atom. The van der Waals surface area contributed by atoms with Crippen LogP contribution in [0.2, 0.25) is 0 Å². The molecule has 1 fully saturated rings. The number of nitrogens with zero attached hydrogens (tertiary/aromatic N) is 2. The van der Waals surface area contributed by atoms with Crippen LogP contribution < -0.4 is 5.32 Å². The van der Waals surface area contributed by atoms with Crippen molar-refractivity contribution in [2.24, 2.45) is 0 Å². The molecule has 19 heavy (non-hydrogen) atoms. The first-order valence-electron chi connectivity index (χ1n) is 6.50. The van der Waals surface area contributed by atoms with Gasteiger partial charge in [0.25, 0.3) is 5.91 Å². The third kappa shape index (κ3) is 3.26. The average molecular weight is 281 g/mol. The third-order valence-corrected chi connectivity index (χ3v) is 4.12. The highest BCUT2D eigenvalue weighted by molar-refractivity contribution is 7.13. The van der Waals surface area contributed by atoms with Gasteiger partial charge < -0.3 is 15.1 Å². The molecule has 0 atom stereocenters. The number of nitrogens with one attached hydrogen (secondary N) is 1. The van der Waals surface area contributed by atoms with Crippen LogP contribution >= 0.6 is 11.3 Å². The molecule has 0 saturated carbocycles. The summed E-state index contributed by atoms with van der Waals surface area (Å²) in [7, 11) is 0. The van der Waals surface area contributed by atoms with Crippen molar-refractivity contribution >= 4 is 23.3 Å². The molecular weight excluding hydrogens is 262 g/mol. The molecule has 0 unspecified atom stereocenters. The monoisotopic (exact) mass is 281 g/mol. The molecule has 2 rings (SSSR count). The minimum absolute atomic E-state index is 0.0402. The van der Waals surface area contributed by atoms with E-state index < -0.39 is 0 Å². The highest BCUT2D eigenvalue weighted by Gasteiger charge is 2.25. The zero-order valence-corrected chi connectivity index (χ0v) is 12.1.